The molecule has 0 aliphatic carbocycles. The Balaban J connectivity index is 1.80. The highest BCUT2D eigenvalue weighted by Gasteiger charge is 2.31. The van der Waals surface area contributed by atoms with Crippen molar-refractivity contribution in [3.8, 4) is 5.75 Å². The van der Waals surface area contributed by atoms with Gasteiger partial charge < -0.3 is 25.2 Å². The van der Waals surface area contributed by atoms with E-state index in [1.54, 1.807) is 4.90 Å². The maximum atomic E-state index is 12.2. The van der Waals surface area contributed by atoms with Crippen molar-refractivity contribution in [1.29, 1.82) is 0 Å². The zero-order valence-corrected chi connectivity index (χ0v) is 15.2. The van der Waals surface area contributed by atoms with Crippen LogP contribution in [0.3, 0.4) is 0 Å². The summed E-state index contributed by atoms with van der Waals surface area (Å²) < 4.78 is 5.41. The number of nitrogens with one attached hydrogen (secondary N) is 2. The lowest BCUT2D eigenvalue weighted by Crippen LogP contribution is -2.43. The van der Waals surface area contributed by atoms with Crippen LogP contribution >= 0.6 is 0 Å². The standard InChI is InChI=1S/C18H28N4O3/c1-4-25-16-8-6-15(7-9-16)22-13-14(12-17(22)23)20-18(24)19-10-5-11-21(2)3/h6-9,14H,4-5,10-13H2,1-3H3,(H2,19,20,24). The van der Waals surface area contributed by atoms with E-state index < -0.39 is 0 Å². The van der Waals surface area contributed by atoms with Gasteiger partial charge in [0, 0.05) is 25.2 Å². The van der Waals surface area contributed by atoms with Gasteiger partial charge in [-0.05, 0) is 58.3 Å². The fourth-order valence-electron chi connectivity index (χ4n) is 2.78. The van der Waals surface area contributed by atoms with Crippen molar-refractivity contribution in [1.82, 2.24) is 15.5 Å². The van der Waals surface area contributed by atoms with Crippen molar-refractivity contribution in [2.75, 3.05) is 45.2 Å². The predicted octanol–water partition coefficient (Wildman–Crippen LogP) is 1.44. The molecule has 1 aliphatic heterocycles. The van der Waals surface area contributed by atoms with Crippen LogP contribution in [-0.4, -0.2) is 63.2 Å². The van der Waals surface area contributed by atoms with Gasteiger partial charge >= 0.3 is 6.03 Å². The molecule has 0 spiro atoms. The maximum absolute atomic E-state index is 12.2. The second-order valence-electron chi connectivity index (χ2n) is 6.39. The number of benzene rings is 1. The van der Waals surface area contributed by atoms with Crippen molar-refractivity contribution >= 4 is 17.6 Å². The van der Waals surface area contributed by atoms with Crippen LogP contribution in [0.15, 0.2) is 24.3 Å². The number of hydrogen-bond acceptors (Lipinski definition) is 4. The first-order valence-electron chi connectivity index (χ1n) is 8.72. The van der Waals surface area contributed by atoms with Crippen molar-refractivity contribution < 1.29 is 14.3 Å². The van der Waals surface area contributed by atoms with Crippen LogP contribution in [0, 0.1) is 0 Å². The lowest BCUT2D eigenvalue weighted by molar-refractivity contribution is -0.117. The molecule has 138 valence electrons. The Morgan fingerprint density at radius 2 is 2.04 bits per heavy atom. The number of urea groups is 1. The van der Waals surface area contributed by atoms with Gasteiger partial charge in [0.15, 0.2) is 0 Å². The predicted molar refractivity (Wildman–Crippen MR) is 98.1 cm³/mol. The number of amides is 3. The third-order valence-electron chi connectivity index (χ3n) is 3.99. The molecule has 0 aromatic heterocycles. The highest BCUT2D eigenvalue weighted by atomic mass is 16.5. The summed E-state index contributed by atoms with van der Waals surface area (Å²) in [5, 5.41) is 5.71. The van der Waals surface area contributed by atoms with E-state index in [9.17, 15) is 9.59 Å². The van der Waals surface area contributed by atoms with E-state index in [-0.39, 0.29) is 18.0 Å². The topological polar surface area (TPSA) is 73.9 Å². The molecule has 1 saturated heterocycles. The SMILES string of the molecule is CCOc1ccc(N2CC(NC(=O)NCCCN(C)C)CC2=O)cc1. The van der Waals surface area contributed by atoms with Gasteiger partial charge in [0.25, 0.3) is 0 Å². The van der Waals surface area contributed by atoms with E-state index in [0.29, 0.717) is 26.1 Å². The summed E-state index contributed by atoms with van der Waals surface area (Å²) in [6, 6.07) is 7.05. The zero-order chi connectivity index (χ0) is 18.2. The van der Waals surface area contributed by atoms with E-state index in [1.807, 2.05) is 45.3 Å². The molecular weight excluding hydrogens is 320 g/mol. The molecule has 1 aliphatic rings. The average molecular weight is 348 g/mol. The molecule has 1 aromatic rings. The van der Waals surface area contributed by atoms with Crippen LogP contribution < -0.4 is 20.3 Å². The van der Waals surface area contributed by atoms with Gasteiger partial charge in [-0.15, -0.1) is 0 Å². The molecule has 0 radical (unpaired) electrons. The lowest BCUT2D eigenvalue weighted by Gasteiger charge is -2.18. The van der Waals surface area contributed by atoms with Gasteiger partial charge in [-0.2, -0.15) is 0 Å². The molecule has 25 heavy (non-hydrogen) atoms. The quantitative estimate of drug-likeness (QED) is 0.697. The second-order valence-corrected chi connectivity index (χ2v) is 6.39. The van der Waals surface area contributed by atoms with Gasteiger partial charge in [0.05, 0.1) is 12.6 Å². The van der Waals surface area contributed by atoms with Gasteiger partial charge in [-0.3, -0.25) is 4.79 Å². The molecule has 2 rings (SSSR count). The Kier molecular flexibility index (Phi) is 7.06. The van der Waals surface area contributed by atoms with Crippen molar-refractivity contribution in [3.05, 3.63) is 24.3 Å². The average Bonchev–Trinajstić information content (AvgIpc) is 2.93. The fourth-order valence-corrected chi connectivity index (χ4v) is 2.78. The van der Waals surface area contributed by atoms with Crippen LogP contribution in [0.25, 0.3) is 0 Å². The minimum absolute atomic E-state index is 0.0158. The summed E-state index contributed by atoms with van der Waals surface area (Å²) in [6.07, 6.45) is 1.21. The van der Waals surface area contributed by atoms with Crippen LogP contribution in [0.2, 0.25) is 0 Å². The third kappa shape index (κ3) is 5.94. The minimum Gasteiger partial charge on any atom is -0.494 e. The smallest absolute Gasteiger partial charge is 0.315 e. The summed E-state index contributed by atoms with van der Waals surface area (Å²) >= 11 is 0. The van der Waals surface area contributed by atoms with Gasteiger partial charge in [0.1, 0.15) is 5.75 Å². The highest BCUT2D eigenvalue weighted by molar-refractivity contribution is 5.96. The zero-order valence-electron chi connectivity index (χ0n) is 15.2. The largest absolute Gasteiger partial charge is 0.494 e. The third-order valence-corrected chi connectivity index (χ3v) is 3.99. The Morgan fingerprint density at radius 3 is 2.68 bits per heavy atom. The van der Waals surface area contributed by atoms with Crippen molar-refractivity contribution in [2.24, 2.45) is 0 Å². The summed E-state index contributed by atoms with van der Waals surface area (Å²) in [5.74, 6) is 0.798. The molecule has 7 heteroatoms. The van der Waals surface area contributed by atoms with Gasteiger partial charge in [-0.25, -0.2) is 4.79 Å². The summed E-state index contributed by atoms with van der Waals surface area (Å²) in [4.78, 5) is 27.9. The van der Waals surface area contributed by atoms with Gasteiger partial charge in [-0.1, -0.05) is 0 Å². The Labute approximate surface area is 149 Å². The molecule has 1 fully saturated rings. The summed E-state index contributed by atoms with van der Waals surface area (Å²) in [6.45, 7) is 4.57. The van der Waals surface area contributed by atoms with Crippen LogP contribution in [0.4, 0.5) is 10.5 Å². The molecule has 1 unspecified atom stereocenters. The first-order valence-corrected chi connectivity index (χ1v) is 8.72. The number of ether oxygens (including phenoxy) is 1. The molecule has 3 amide bonds. The first kappa shape index (κ1) is 19.1. The van der Waals surface area contributed by atoms with E-state index in [1.165, 1.54) is 0 Å². The van der Waals surface area contributed by atoms with E-state index in [4.69, 9.17) is 4.74 Å². The number of nitrogens with zero attached hydrogens (tertiary/aromatic N) is 2. The lowest BCUT2D eigenvalue weighted by atomic mass is 10.2. The Morgan fingerprint density at radius 1 is 1.32 bits per heavy atom. The fraction of sp³-hybridized carbons (Fsp3) is 0.556. The van der Waals surface area contributed by atoms with E-state index >= 15 is 0 Å². The normalized spacial score (nSPS) is 17.0. The monoisotopic (exact) mass is 348 g/mol. The second kappa shape index (κ2) is 9.27. The molecule has 7 nitrogen and oxygen atoms in total. The summed E-state index contributed by atoms with van der Waals surface area (Å²) in [5.41, 5.74) is 0.823. The number of hydrogen-bond donors (Lipinski definition) is 2. The molecular formula is C18H28N4O3. The summed E-state index contributed by atoms with van der Waals surface area (Å²) in [7, 11) is 4.00. The van der Waals surface area contributed by atoms with E-state index in [2.05, 4.69) is 15.5 Å². The molecule has 1 atom stereocenters. The first-order chi connectivity index (χ1) is 12.0. The minimum atomic E-state index is -0.218. The molecule has 0 saturated carbocycles. The Hall–Kier alpha value is -2.28. The Bertz CT molecular complexity index is 574. The van der Waals surface area contributed by atoms with Crippen molar-refractivity contribution in [3.63, 3.8) is 0 Å². The molecule has 2 N–H and O–H groups in total. The number of anilines is 1. The maximum Gasteiger partial charge on any atom is 0.315 e. The molecule has 0 bridgehead atoms. The molecule has 1 heterocycles. The number of rotatable bonds is 8. The van der Waals surface area contributed by atoms with Crippen molar-refractivity contribution in [2.45, 2.75) is 25.8 Å². The number of carbonyl (C=O) groups is 2. The number of carbonyl (C=O) groups excluding carboxylic acids is 2. The molecule has 1 aromatic carbocycles. The van der Waals surface area contributed by atoms with Gasteiger partial charge in [0.2, 0.25) is 5.91 Å². The van der Waals surface area contributed by atoms with Crippen LogP contribution in [0.1, 0.15) is 19.8 Å². The highest BCUT2D eigenvalue weighted by Crippen LogP contribution is 2.24. The van der Waals surface area contributed by atoms with Crippen LogP contribution in [-0.2, 0) is 4.79 Å². The van der Waals surface area contributed by atoms with E-state index in [0.717, 1.165) is 24.4 Å². The van der Waals surface area contributed by atoms with Crippen LogP contribution in [0.5, 0.6) is 5.75 Å².